The van der Waals surface area contributed by atoms with Gasteiger partial charge in [-0.1, -0.05) is 12.1 Å². The van der Waals surface area contributed by atoms with Crippen LogP contribution in [0.5, 0.6) is 0 Å². The van der Waals surface area contributed by atoms with Crippen molar-refractivity contribution in [2.75, 3.05) is 37.7 Å². The summed E-state index contributed by atoms with van der Waals surface area (Å²) in [5, 5.41) is 4.74. The first-order valence-corrected chi connectivity index (χ1v) is 12.0. The summed E-state index contributed by atoms with van der Waals surface area (Å²) in [6, 6.07) is 10.6. The number of nitrogens with zero attached hydrogens (tertiary/aromatic N) is 6. The van der Waals surface area contributed by atoms with Crippen LogP contribution in [0.15, 0.2) is 42.6 Å². The molecule has 0 unspecified atom stereocenters. The van der Waals surface area contributed by atoms with Crippen molar-refractivity contribution in [3.05, 3.63) is 58.7 Å². The van der Waals surface area contributed by atoms with Gasteiger partial charge >= 0.3 is 5.97 Å². The molecular formula is C24H27FN6O2S. The number of esters is 1. The summed E-state index contributed by atoms with van der Waals surface area (Å²) in [6.07, 6.45) is 3.65. The van der Waals surface area contributed by atoms with Gasteiger partial charge in [-0.2, -0.15) is 5.10 Å². The summed E-state index contributed by atoms with van der Waals surface area (Å²) in [4.78, 5) is 20.8. The highest BCUT2D eigenvalue weighted by atomic mass is 32.1. The van der Waals surface area contributed by atoms with Crippen molar-refractivity contribution >= 4 is 24.0 Å². The molecular weight excluding hydrogens is 455 g/mol. The number of pyridine rings is 1. The fourth-order valence-corrected chi connectivity index (χ4v) is 4.55. The molecule has 178 valence electrons. The summed E-state index contributed by atoms with van der Waals surface area (Å²) < 4.78 is 24.0. The average Bonchev–Trinajstić information content (AvgIpc) is 3.64. The number of aromatic nitrogens is 4. The van der Waals surface area contributed by atoms with Gasteiger partial charge in [-0.05, 0) is 56.2 Å². The van der Waals surface area contributed by atoms with Gasteiger partial charge in [-0.3, -0.25) is 9.47 Å². The van der Waals surface area contributed by atoms with Gasteiger partial charge in [0.15, 0.2) is 10.6 Å². The molecule has 0 spiro atoms. The lowest BCUT2D eigenvalue weighted by Crippen LogP contribution is -2.47. The van der Waals surface area contributed by atoms with Gasteiger partial charge in [0.2, 0.25) is 0 Å². The maximum absolute atomic E-state index is 14.5. The number of hydrogen-bond donors (Lipinski definition) is 0. The van der Waals surface area contributed by atoms with Gasteiger partial charge in [0.25, 0.3) is 0 Å². The highest BCUT2D eigenvalue weighted by Gasteiger charge is 2.30. The van der Waals surface area contributed by atoms with Crippen LogP contribution in [0, 0.1) is 10.6 Å². The number of rotatable bonds is 7. The minimum Gasteiger partial charge on any atom is -0.462 e. The van der Waals surface area contributed by atoms with Crippen molar-refractivity contribution in [1.82, 2.24) is 24.2 Å². The summed E-state index contributed by atoms with van der Waals surface area (Å²) in [7, 11) is 0. The summed E-state index contributed by atoms with van der Waals surface area (Å²) in [6.45, 7) is 5.90. The Labute approximate surface area is 202 Å². The summed E-state index contributed by atoms with van der Waals surface area (Å²) in [5.74, 6) is 0.800. The molecule has 0 bridgehead atoms. The lowest BCUT2D eigenvalue weighted by Gasteiger charge is -2.35. The molecule has 10 heteroatoms. The van der Waals surface area contributed by atoms with Gasteiger partial charge in [0.05, 0.1) is 24.4 Å². The van der Waals surface area contributed by atoms with E-state index in [2.05, 4.69) is 14.8 Å². The Hall–Kier alpha value is -3.11. The van der Waals surface area contributed by atoms with Crippen LogP contribution < -0.4 is 4.90 Å². The third kappa shape index (κ3) is 4.60. The van der Waals surface area contributed by atoms with E-state index in [4.69, 9.17) is 22.1 Å². The Kier molecular flexibility index (Phi) is 6.42. The molecule has 1 saturated heterocycles. The first kappa shape index (κ1) is 22.7. The zero-order chi connectivity index (χ0) is 23.7. The van der Waals surface area contributed by atoms with Crippen molar-refractivity contribution in [3.8, 4) is 11.4 Å². The number of anilines is 1. The Bertz CT molecular complexity index is 1230. The molecule has 0 N–H and O–H groups in total. The maximum Gasteiger partial charge on any atom is 0.339 e. The fraction of sp³-hybridized carbons (Fsp3) is 0.417. The molecule has 3 heterocycles. The monoisotopic (exact) mass is 482 g/mol. The molecule has 34 heavy (non-hydrogen) atoms. The van der Waals surface area contributed by atoms with Crippen LogP contribution in [0.2, 0.25) is 0 Å². The maximum atomic E-state index is 14.5. The lowest BCUT2D eigenvalue weighted by molar-refractivity contribution is 0.0526. The average molecular weight is 483 g/mol. The van der Waals surface area contributed by atoms with E-state index < -0.39 is 0 Å². The van der Waals surface area contributed by atoms with Crippen molar-refractivity contribution in [2.45, 2.75) is 32.5 Å². The molecule has 0 amide bonds. The Balaban J connectivity index is 1.26. The Morgan fingerprint density at radius 2 is 1.91 bits per heavy atom. The number of halogens is 1. The van der Waals surface area contributed by atoms with Crippen LogP contribution in [-0.4, -0.2) is 63.0 Å². The topological polar surface area (TPSA) is 68.4 Å². The van der Waals surface area contributed by atoms with E-state index in [1.807, 2.05) is 21.4 Å². The predicted octanol–water partition coefficient (Wildman–Crippen LogP) is 3.91. The van der Waals surface area contributed by atoms with Crippen molar-refractivity contribution < 1.29 is 13.9 Å². The van der Waals surface area contributed by atoms with Gasteiger partial charge in [0, 0.05) is 38.4 Å². The summed E-state index contributed by atoms with van der Waals surface area (Å²) >= 11 is 5.75. The van der Waals surface area contributed by atoms with Crippen LogP contribution in [0.4, 0.5) is 10.2 Å². The first-order valence-electron chi connectivity index (χ1n) is 11.6. The first-order chi connectivity index (χ1) is 16.5. The number of carbonyl (C=O) groups is 1. The molecule has 0 radical (unpaired) electrons. The molecule has 8 nitrogen and oxygen atoms in total. The van der Waals surface area contributed by atoms with E-state index in [-0.39, 0.29) is 11.8 Å². The second-order valence-corrected chi connectivity index (χ2v) is 8.92. The quantitative estimate of drug-likeness (QED) is 0.374. The minimum absolute atomic E-state index is 0.286. The largest absolute Gasteiger partial charge is 0.462 e. The van der Waals surface area contributed by atoms with Gasteiger partial charge < -0.3 is 9.64 Å². The molecule has 1 aromatic carbocycles. The Morgan fingerprint density at radius 3 is 2.56 bits per heavy atom. The zero-order valence-corrected chi connectivity index (χ0v) is 19.9. The van der Waals surface area contributed by atoms with E-state index in [1.165, 1.54) is 6.07 Å². The van der Waals surface area contributed by atoms with Crippen molar-refractivity contribution in [1.29, 1.82) is 0 Å². The van der Waals surface area contributed by atoms with Crippen LogP contribution in [0.1, 0.15) is 36.2 Å². The van der Waals surface area contributed by atoms with E-state index in [1.54, 1.807) is 31.3 Å². The molecule has 1 aliphatic carbocycles. The minimum atomic E-state index is -0.358. The zero-order valence-electron chi connectivity index (χ0n) is 19.1. The molecule has 2 aromatic heterocycles. The number of hydrogen-bond acceptors (Lipinski definition) is 7. The van der Waals surface area contributed by atoms with E-state index in [9.17, 15) is 9.18 Å². The SMILES string of the molecule is CCOC(=O)c1ccc(N2CCN(Cn3nc(-c4ccccc4F)n(C4CC4)c3=S)CC2)nc1. The van der Waals surface area contributed by atoms with Crippen LogP contribution in [0.3, 0.4) is 0 Å². The molecule has 2 aliphatic rings. The van der Waals surface area contributed by atoms with Gasteiger partial charge in [-0.25, -0.2) is 18.9 Å². The molecule has 1 aliphatic heterocycles. The highest BCUT2D eigenvalue weighted by molar-refractivity contribution is 7.71. The molecule has 0 atom stereocenters. The van der Waals surface area contributed by atoms with Gasteiger partial charge in [-0.15, -0.1) is 0 Å². The number of piperazine rings is 1. The van der Waals surface area contributed by atoms with Crippen LogP contribution in [-0.2, 0) is 11.4 Å². The standard InChI is InChI=1S/C24H27FN6O2S/c1-2-33-23(32)17-7-10-21(26-15-17)29-13-11-28(12-14-29)16-30-24(34)31(18-8-9-18)22(27-30)19-5-3-4-6-20(19)25/h3-7,10,15,18H,2,8-9,11-14,16H2,1H3. The molecule has 2 fully saturated rings. The van der Waals surface area contributed by atoms with Gasteiger partial charge in [0.1, 0.15) is 11.6 Å². The number of benzene rings is 1. The van der Waals surface area contributed by atoms with E-state index in [0.29, 0.717) is 41.0 Å². The summed E-state index contributed by atoms with van der Waals surface area (Å²) in [5.41, 5.74) is 0.942. The smallest absolute Gasteiger partial charge is 0.339 e. The Morgan fingerprint density at radius 1 is 1.15 bits per heavy atom. The number of carbonyl (C=O) groups excluding carboxylic acids is 1. The van der Waals surface area contributed by atoms with E-state index >= 15 is 0 Å². The third-order valence-electron chi connectivity index (χ3n) is 6.19. The van der Waals surface area contributed by atoms with Crippen LogP contribution >= 0.6 is 12.2 Å². The fourth-order valence-electron chi connectivity index (χ4n) is 4.22. The second-order valence-electron chi connectivity index (χ2n) is 8.56. The lowest BCUT2D eigenvalue weighted by atomic mass is 10.2. The van der Waals surface area contributed by atoms with Crippen molar-refractivity contribution in [3.63, 3.8) is 0 Å². The van der Waals surface area contributed by atoms with Crippen molar-refractivity contribution in [2.24, 2.45) is 0 Å². The second kappa shape index (κ2) is 9.63. The third-order valence-corrected chi connectivity index (χ3v) is 6.59. The molecule has 1 saturated carbocycles. The normalized spacial score (nSPS) is 16.6. The predicted molar refractivity (Wildman–Crippen MR) is 129 cm³/mol. The van der Waals surface area contributed by atoms with Crippen LogP contribution in [0.25, 0.3) is 11.4 Å². The molecule has 3 aromatic rings. The molecule has 5 rings (SSSR count). The highest BCUT2D eigenvalue weighted by Crippen LogP contribution is 2.39. The van der Waals surface area contributed by atoms with E-state index in [0.717, 1.165) is 44.8 Å². The number of ether oxygens (including phenoxy) is 1.